The molecule has 2 aromatic rings. The zero-order valence-electron chi connectivity index (χ0n) is 12.7. The van der Waals surface area contributed by atoms with E-state index in [2.05, 4.69) is 10.5 Å². The van der Waals surface area contributed by atoms with E-state index < -0.39 is 4.84 Å². The maximum absolute atomic E-state index is 12.5. The number of carbonyl (C=O) groups excluding carboxylic acids is 1. The van der Waals surface area contributed by atoms with Crippen molar-refractivity contribution >= 4 is 35.3 Å². The monoisotopic (exact) mass is 362 g/mol. The van der Waals surface area contributed by atoms with Crippen LogP contribution in [0.4, 0.5) is 0 Å². The summed E-state index contributed by atoms with van der Waals surface area (Å²) in [4.78, 5) is 11.8. The minimum atomic E-state index is -0.674. The fourth-order valence-corrected chi connectivity index (χ4v) is 3.66. The van der Waals surface area contributed by atoms with Gasteiger partial charge in [0.1, 0.15) is 10.6 Å². The van der Waals surface area contributed by atoms with Crippen molar-refractivity contribution in [2.45, 2.75) is 17.2 Å². The Morgan fingerprint density at radius 3 is 2.67 bits per heavy atom. The highest BCUT2D eigenvalue weighted by Crippen LogP contribution is 2.43. The maximum atomic E-state index is 12.5. The number of rotatable bonds is 4. The summed E-state index contributed by atoms with van der Waals surface area (Å²) in [5.74, 6) is -0.772. The molecule has 0 saturated carbocycles. The van der Waals surface area contributed by atoms with Crippen LogP contribution in [-0.2, 0) is 11.2 Å². The molecule has 0 bridgehead atoms. The first-order valence-electron chi connectivity index (χ1n) is 7.55. The number of halogens is 2. The molecule has 2 N–H and O–H groups in total. The van der Waals surface area contributed by atoms with Gasteiger partial charge in [-0.2, -0.15) is 5.10 Å². The van der Waals surface area contributed by atoms with Crippen molar-refractivity contribution in [1.82, 2.24) is 5.43 Å². The number of aromatic hydroxyl groups is 1. The van der Waals surface area contributed by atoms with Gasteiger partial charge in [0.15, 0.2) is 0 Å². The molecule has 0 unspecified atom stereocenters. The number of alkyl halides is 2. The number of amides is 1. The van der Waals surface area contributed by atoms with E-state index in [0.29, 0.717) is 12.0 Å². The van der Waals surface area contributed by atoms with E-state index in [-0.39, 0.29) is 23.5 Å². The molecule has 0 heterocycles. The Labute approximate surface area is 150 Å². The summed E-state index contributed by atoms with van der Waals surface area (Å²) in [7, 11) is 0. The highest BCUT2D eigenvalue weighted by Gasteiger charge is 2.40. The Hall–Kier alpha value is -2.04. The minimum absolute atomic E-state index is 0.100. The van der Waals surface area contributed by atoms with E-state index in [1.54, 1.807) is 24.3 Å². The van der Waals surface area contributed by atoms with Crippen LogP contribution >= 0.6 is 23.2 Å². The Bertz CT molecular complexity index is 777. The van der Waals surface area contributed by atoms with Gasteiger partial charge in [-0.05, 0) is 29.7 Å². The van der Waals surface area contributed by atoms with E-state index in [4.69, 9.17) is 23.2 Å². The van der Waals surface area contributed by atoms with Crippen molar-refractivity contribution in [3.05, 3.63) is 65.2 Å². The summed E-state index contributed by atoms with van der Waals surface area (Å²) < 4.78 is 0. The summed E-state index contributed by atoms with van der Waals surface area (Å²) in [5, 5.41) is 13.6. The normalized spacial score (nSPS) is 19.6. The number of hydrogen-bond donors (Lipinski definition) is 2. The van der Waals surface area contributed by atoms with Crippen LogP contribution in [0.25, 0.3) is 0 Å². The topological polar surface area (TPSA) is 61.7 Å². The summed E-state index contributed by atoms with van der Waals surface area (Å²) in [5.41, 5.74) is 5.14. The molecule has 2 aromatic carbocycles. The third kappa shape index (κ3) is 3.40. The molecule has 4 nitrogen and oxygen atoms in total. The van der Waals surface area contributed by atoms with Gasteiger partial charge in [0.05, 0.1) is 12.1 Å². The lowest BCUT2D eigenvalue weighted by Gasteiger charge is -2.19. The lowest BCUT2D eigenvalue weighted by atomic mass is 9.93. The van der Waals surface area contributed by atoms with Crippen molar-refractivity contribution in [3.8, 4) is 5.75 Å². The molecular weight excluding hydrogens is 347 g/mol. The van der Waals surface area contributed by atoms with Crippen molar-refractivity contribution in [1.29, 1.82) is 0 Å². The van der Waals surface area contributed by atoms with Crippen LogP contribution in [0, 0.1) is 5.92 Å². The van der Waals surface area contributed by atoms with Crippen LogP contribution < -0.4 is 5.43 Å². The Morgan fingerprint density at radius 1 is 1.21 bits per heavy atom. The Kier molecular flexibility index (Phi) is 5.07. The van der Waals surface area contributed by atoms with Crippen molar-refractivity contribution < 1.29 is 9.90 Å². The zero-order chi connectivity index (χ0) is 17.1. The van der Waals surface area contributed by atoms with E-state index in [9.17, 15) is 9.90 Å². The predicted molar refractivity (Wildman–Crippen MR) is 95.7 cm³/mol. The molecule has 6 heteroatoms. The number of nitrogens with one attached hydrogen (secondary N) is 1. The summed E-state index contributed by atoms with van der Waals surface area (Å²) in [6.07, 6.45) is 1.98. The van der Waals surface area contributed by atoms with Crippen LogP contribution in [0.3, 0.4) is 0 Å². The first kappa shape index (κ1) is 16.8. The zero-order valence-corrected chi connectivity index (χ0v) is 14.2. The number of hydrogen-bond acceptors (Lipinski definition) is 3. The number of carbonyl (C=O) groups is 1. The fraction of sp³-hybridized carbons (Fsp3) is 0.222. The van der Waals surface area contributed by atoms with E-state index in [1.165, 1.54) is 6.21 Å². The molecule has 124 valence electrons. The van der Waals surface area contributed by atoms with Crippen LogP contribution in [0.1, 0.15) is 22.6 Å². The summed E-state index contributed by atoms with van der Waals surface area (Å²) in [6.45, 7) is 0. The second-order valence-electron chi connectivity index (χ2n) is 5.66. The number of nitrogens with zero attached hydrogens (tertiary/aromatic N) is 1. The molecule has 0 aliphatic heterocycles. The lowest BCUT2D eigenvalue weighted by molar-refractivity contribution is -0.125. The first-order chi connectivity index (χ1) is 11.6. The standard InChI is InChI=1S/C18H16Cl2N2O2/c19-17(20)16-13-7-3-1-5-11(13)9-14(16)18(24)22-21-10-12-6-2-4-8-15(12)23/h1-8,10,14,16-17,23H,9H2,(H,22,24)/b21-10-/t14-,16-/m1/s1. The van der Waals surface area contributed by atoms with Crippen LogP contribution in [0.2, 0.25) is 0 Å². The van der Waals surface area contributed by atoms with Crippen LogP contribution in [0.15, 0.2) is 53.6 Å². The Morgan fingerprint density at radius 2 is 1.92 bits per heavy atom. The molecular formula is C18H16Cl2N2O2. The smallest absolute Gasteiger partial charge is 0.244 e. The van der Waals surface area contributed by atoms with Crippen molar-refractivity contribution in [2.24, 2.45) is 11.0 Å². The van der Waals surface area contributed by atoms with Crippen LogP contribution in [-0.4, -0.2) is 22.1 Å². The second-order valence-corrected chi connectivity index (χ2v) is 6.83. The number of benzene rings is 2. The van der Waals surface area contributed by atoms with Gasteiger partial charge in [-0.1, -0.05) is 36.4 Å². The molecule has 0 radical (unpaired) electrons. The average molecular weight is 363 g/mol. The van der Waals surface area contributed by atoms with Gasteiger partial charge in [0, 0.05) is 11.5 Å². The van der Waals surface area contributed by atoms with E-state index in [1.807, 2.05) is 24.3 Å². The molecule has 2 atom stereocenters. The number of fused-ring (bicyclic) bond motifs is 1. The average Bonchev–Trinajstić information content (AvgIpc) is 2.96. The highest BCUT2D eigenvalue weighted by molar-refractivity contribution is 6.45. The fourth-order valence-electron chi connectivity index (χ4n) is 3.04. The molecule has 3 rings (SSSR count). The first-order valence-corrected chi connectivity index (χ1v) is 8.42. The molecule has 0 spiro atoms. The van der Waals surface area contributed by atoms with Gasteiger partial charge < -0.3 is 5.11 Å². The van der Waals surface area contributed by atoms with Gasteiger partial charge in [-0.15, -0.1) is 23.2 Å². The molecule has 24 heavy (non-hydrogen) atoms. The SMILES string of the molecule is O=C(N/N=C\c1ccccc1O)[C@@H]1Cc2ccccc2[C@H]1C(Cl)Cl. The van der Waals surface area contributed by atoms with Gasteiger partial charge >= 0.3 is 0 Å². The third-order valence-electron chi connectivity index (χ3n) is 4.21. The number of phenolic OH excluding ortho intramolecular Hbond substituents is 1. The number of hydrazone groups is 1. The second kappa shape index (κ2) is 7.24. The Balaban J connectivity index is 1.72. The van der Waals surface area contributed by atoms with Gasteiger partial charge in [0.2, 0.25) is 5.91 Å². The quantitative estimate of drug-likeness (QED) is 0.495. The van der Waals surface area contributed by atoms with Crippen molar-refractivity contribution in [2.75, 3.05) is 0 Å². The van der Waals surface area contributed by atoms with Gasteiger partial charge in [0.25, 0.3) is 0 Å². The molecule has 1 amide bonds. The largest absolute Gasteiger partial charge is 0.507 e. The van der Waals surface area contributed by atoms with Gasteiger partial charge in [-0.3, -0.25) is 4.79 Å². The molecule has 1 aliphatic rings. The van der Waals surface area contributed by atoms with Crippen molar-refractivity contribution in [3.63, 3.8) is 0 Å². The number of para-hydroxylation sites is 1. The molecule has 0 fully saturated rings. The molecule has 0 saturated heterocycles. The molecule has 0 aromatic heterocycles. The summed E-state index contributed by atoms with van der Waals surface area (Å²) >= 11 is 12.2. The summed E-state index contributed by atoms with van der Waals surface area (Å²) in [6, 6.07) is 14.5. The minimum Gasteiger partial charge on any atom is -0.507 e. The predicted octanol–water partition coefficient (Wildman–Crippen LogP) is 3.60. The van der Waals surface area contributed by atoms with Gasteiger partial charge in [-0.25, -0.2) is 5.43 Å². The third-order valence-corrected chi connectivity index (χ3v) is 4.75. The maximum Gasteiger partial charge on any atom is 0.244 e. The lowest BCUT2D eigenvalue weighted by Crippen LogP contribution is -2.31. The van der Waals surface area contributed by atoms with E-state index in [0.717, 1.165) is 11.1 Å². The molecule has 1 aliphatic carbocycles. The number of phenols is 1. The highest BCUT2D eigenvalue weighted by atomic mass is 35.5. The van der Waals surface area contributed by atoms with E-state index >= 15 is 0 Å². The van der Waals surface area contributed by atoms with Crippen LogP contribution in [0.5, 0.6) is 5.75 Å².